The van der Waals surface area contributed by atoms with Crippen molar-refractivity contribution in [1.82, 2.24) is 0 Å². The molecule has 0 spiro atoms. The minimum atomic E-state index is -0.0729. The van der Waals surface area contributed by atoms with Gasteiger partial charge in [-0.2, -0.15) is 0 Å². The van der Waals surface area contributed by atoms with E-state index in [9.17, 15) is 9.59 Å². The number of hydrogen-bond donors (Lipinski definition) is 0. The number of ketones is 2. The van der Waals surface area contributed by atoms with Crippen LogP contribution in [0.25, 0.3) is 22.3 Å². The predicted octanol–water partition coefficient (Wildman–Crippen LogP) is 6.61. The number of thiophene rings is 4. The molecule has 6 heteroatoms. The van der Waals surface area contributed by atoms with Crippen LogP contribution in [0.4, 0.5) is 0 Å². The van der Waals surface area contributed by atoms with Gasteiger partial charge in [0.15, 0.2) is 11.6 Å². The van der Waals surface area contributed by atoms with Gasteiger partial charge in [0.2, 0.25) is 0 Å². The Bertz CT molecular complexity index is 1010. The summed E-state index contributed by atoms with van der Waals surface area (Å²) in [6, 6.07) is 15.3. The monoisotopic (exact) mass is 436 g/mol. The molecular formula is C22H12O2S4. The van der Waals surface area contributed by atoms with Crippen LogP contribution in [0.5, 0.6) is 0 Å². The first-order valence-corrected chi connectivity index (χ1v) is 12.0. The number of carbonyl (C=O) groups is 2. The van der Waals surface area contributed by atoms with E-state index in [4.69, 9.17) is 0 Å². The van der Waals surface area contributed by atoms with Crippen LogP contribution >= 0.6 is 45.3 Å². The standard InChI is InChI=1S/C22H12O2S4/c23-21-17(13-5-1-9-25-13)18(14-6-2-10-26-14)22(24)20(16-8-4-12-28-16)19(21)15-7-3-11-27-15/h1-12H. The Kier molecular flexibility index (Phi) is 4.56. The minimum absolute atomic E-state index is 0.0729. The van der Waals surface area contributed by atoms with Crippen molar-refractivity contribution in [2.45, 2.75) is 0 Å². The molecule has 2 nitrogen and oxygen atoms in total. The van der Waals surface area contributed by atoms with Gasteiger partial charge in [0.05, 0.1) is 22.3 Å². The zero-order valence-electron chi connectivity index (χ0n) is 14.4. The second-order valence-corrected chi connectivity index (χ2v) is 9.86. The summed E-state index contributed by atoms with van der Waals surface area (Å²) in [7, 11) is 0. The molecule has 4 aromatic rings. The number of allylic oxidation sites excluding steroid dienone is 4. The van der Waals surface area contributed by atoms with Crippen molar-refractivity contribution in [1.29, 1.82) is 0 Å². The first kappa shape index (κ1) is 17.7. The van der Waals surface area contributed by atoms with E-state index in [0.29, 0.717) is 22.3 Å². The van der Waals surface area contributed by atoms with Gasteiger partial charge in [0, 0.05) is 19.5 Å². The van der Waals surface area contributed by atoms with Crippen LogP contribution < -0.4 is 0 Å². The third-order valence-corrected chi connectivity index (χ3v) is 8.03. The quantitative estimate of drug-likeness (QED) is 0.338. The molecule has 1 aliphatic carbocycles. The Balaban J connectivity index is 1.84. The van der Waals surface area contributed by atoms with Gasteiger partial charge in [0.25, 0.3) is 0 Å². The summed E-state index contributed by atoms with van der Waals surface area (Å²) >= 11 is 5.97. The molecule has 28 heavy (non-hydrogen) atoms. The van der Waals surface area contributed by atoms with Gasteiger partial charge >= 0.3 is 0 Å². The minimum Gasteiger partial charge on any atom is -0.288 e. The van der Waals surface area contributed by atoms with Gasteiger partial charge in [-0.15, -0.1) is 45.3 Å². The fourth-order valence-electron chi connectivity index (χ4n) is 3.33. The van der Waals surface area contributed by atoms with Gasteiger partial charge in [-0.3, -0.25) is 9.59 Å². The van der Waals surface area contributed by atoms with Crippen molar-refractivity contribution in [2.24, 2.45) is 0 Å². The highest BCUT2D eigenvalue weighted by Gasteiger charge is 2.38. The predicted molar refractivity (Wildman–Crippen MR) is 121 cm³/mol. The molecular weight excluding hydrogens is 425 g/mol. The highest BCUT2D eigenvalue weighted by Crippen LogP contribution is 2.46. The normalized spacial score (nSPS) is 15.0. The number of hydrogen-bond acceptors (Lipinski definition) is 6. The maximum absolute atomic E-state index is 13.8. The Labute approximate surface area is 177 Å². The largest absolute Gasteiger partial charge is 0.288 e. The highest BCUT2D eigenvalue weighted by molar-refractivity contribution is 7.15. The summed E-state index contributed by atoms with van der Waals surface area (Å²) in [4.78, 5) is 31.0. The van der Waals surface area contributed by atoms with E-state index in [1.807, 2.05) is 70.1 Å². The van der Waals surface area contributed by atoms with Gasteiger partial charge in [0.1, 0.15) is 0 Å². The molecule has 4 heterocycles. The fourth-order valence-corrected chi connectivity index (χ4v) is 6.42. The van der Waals surface area contributed by atoms with E-state index in [-0.39, 0.29) is 11.6 Å². The average molecular weight is 437 g/mol. The molecule has 1 aliphatic rings. The molecule has 0 aliphatic heterocycles. The van der Waals surface area contributed by atoms with Crippen molar-refractivity contribution in [2.75, 3.05) is 0 Å². The lowest BCUT2D eigenvalue weighted by atomic mass is 9.81. The van der Waals surface area contributed by atoms with Crippen molar-refractivity contribution >= 4 is 79.2 Å². The second-order valence-electron chi connectivity index (χ2n) is 6.07. The topological polar surface area (TPSA) is 34.1 Å². The molecule has 5 rings (SSSR count). The SMILES string of the molecule is O=C1C(c2cccs2)=C(c2cccs2)C(=O)C(c2cccs2)=C1c1cccs1. The summed E-state index contributed by atoms with van der Waals surface area (Å²) in [5, 5.41) is 7.76. The lowest BCUT2D eigenvalue weighted by Gasteiger charge is -2.22. The summed E-state index contributed by atoms with van der Waals surface area (Å²) in [5.74, 6) is -0.146. The summed E-state index contributed by atoms with van der Waals surface area (Å²) in [6.07, 6.45) is 0. The first-order chi connectivity index (χ1) is 13.8. The Morgan fingerprint density at radius 1 is 0.429 bits per heavy atom. The number of carbonyl (C=O) groups excluding carboxylic acids is 2. The van der Waals surface area contributed by atoms with E-state index in [0.717, 1.165) is 19.5 Å². The van der Waals surface area contributed by atoms with Crippen molar-refractivity contribution < 1.29 is 9.59 Å². The molecule has 0 amide bonds. The Morgan fingerprint density at radius 3 is 0.857 bits per heavy atom. The highest BCUT2D eigenvalue weighted by atomic mass is 32.1. The maximum atomic E-state index is 13.8. The van der Waals surface area contributed by atoms with E-state index < -0.39 is 0 Å². The zero-order chi connectivity index (χ0) is 19.1. The summed E-state index contributed by atoms with van der Waals surface area (Å²) < 4.78 is 0. The molecule has 0 radical (unpaired) electrons. The zero-order valence-corrected chi connectivity index (χ0v) is 17.6. The van der Waals surface area contributed by atoms with Gasteiger partial charge < -0.3 is 0 Å². The Hall–Kier alpha value is -2.38. The van der Waals surface area contributed by atoms with Crippen molar-refractivity contribution in [3.63, 3.8) is 0 Å². The molecule has 0 bridgehead atoms. The molecule has 0 fully saturated rings. The van der Waals surface area contributed by atoms with E-state index in [1.54, 1.807) is 0 Å². The van der Waals surface area contributed by atoms with Gasteiger partial charge in [-0.25, -0.2) is 0 Å². The molecule has 0 atom stereocenters. The first-order valence-electron chi connectivity index (χ1n) is 8.49. The van der Waals surface area contributed by atoms with Gasteiger partial charge in [-0.05, 0) is 45.8 Å². The molecule has 0 N–H and O–H groups in total. The molecule has 0 aromatic carbocycles. The fraction of sp³-hybridized carbons (Fsp3) is 0. The Morgan fingerprint density at radius 2 is 0.679 bits per heavy atom. The average Bonchev–Trinajstić information content (AvgIpc) is 3.51. The van der Waals surface area contributed by atoms with Crippen LogP contribution in [0.1, 0.15) is 19.5 Å². The van der Waals surface area contributed by atoms with E-state index in [1.165, 1.54) is 45.3 Å². The lowest BCUT2D eigenvalue weighted by Crippen LogP contribution is -2.20. The van der Waals surface area contributed by atoms with Crippen LogP contribution in [0.3, 0.4) is 0 Å². The molecule has 0 saturated carbocycles. The van der Waals surface area contributed by atoms with Crippen LogP contribution in [-0.4, -0.2) is 11.6 Å². The van der Waals surface area contributed by atoms with Gasteiger partial charge in [-0.1, -0.05) is 24.3 Å². The third-order valence-electron chi connectivity index (χ3n) is 4.48. The molecule has 0 unspecified atom stereocenters. The molecule has 136 valence electrons. The van der Waals surface area contributed by atoms with E-state index in [2.05, 4.69) is 0 Å². The lowest BCUT2D eigenvalue weighted by molar-refractivity contribution is -0.111. The number of Topliss-reactive ketones (excluding diaryl/α,β-unsaturated/α-hetero) is 2. The van der Waals surface area contributed by atoms with E-state index >= 15 is 0 Å². The van der Waals surface area contributed by atoms with Crippen LogP contribution in [0.2, 0.25) is 0 Å². The van der Waals surface area contributed by atoms with Crippen LogP contribution in [-0.2, 0) is 9.59 Å². The van der Waals surface area contributed by atoms with Crippen molar-refractivity contribution in [3.8, 4) is 0 Å². The molecule has 4 aromatic heterocycles. The van der Waals surface area contributed by atoms with Crippen LogP contribution in [0, 0.1) is 0 Å². The maximum Gasteiger partial charge on any atom is 0.197 e. The second kappa shape index (κ2) is 7.22. The smallest absolute Gasteiger partial charge is 0.197 e. The van der Waals surface area contributed by atoms with Crippen LogP contribution in [0.15, 0.2) is 70.1 Å². The third kappa shape index (κ3) is 2.81. The summed E-state index contributed by atoms with van der Waals surface area (Å²) in [6.45, 7) is 0. The summed E-state index contributed by atoms with van der Waals surface area (Å²) in [5.41, 5.74) is 2.08. The number of rotatable bonds is 4. The van der Waals surface area contributed by atoms with Crippen molar-refractivity contribution in [3.05, 3.63) is 89.6 Å². The molecule has 0 saturated heterocycles.